The van der Waals surface area contributed by atoms with E-state index in [1.54, 1.807) is 44.6 Å². The van der Waals surface area contributed by atoms with E-state index in [9.17, 15) is 14.7 Å². The number of likely N-dealkylation sites (N-methyl/N-ethyl adjacent to an activating group) is 1. The third kappa shape index (κ3) is 3.48. The molecule has 1 aliphatic rings. The van der Waals surface area contributed by atoms with Crippen molar-refractivity contribution in [3.8, 4) is 11.5 Å². The maximum Gasteiger partial charge on any atom is 0.254 e. The first-order chi connectivity index (χ1) is 16.3. The van der Waals surface area contributed by atoms with Gasteiger partial charge in [0, 0.05) is 24.9 Å². The van der Waals surface area contributed by atoms with Crippen molar-refractivity contribution in [2.75, 3.05) is 23.9 Å². The molecule has 1 amide bonds. The molecule has 2 aromatic heterocycles. The standard InChI is InChI=1S/C25H21ClN4O4/c1-25(13-31)24(33)30(2)19-12-28-23-20(21(19)29-25)17(11-27-23)22(32)16-9-8-15(10-18(16)26)34-14-6-4-3-5-7-14/h3-12,29,31H,13H2,1-2H3,(H,27,28)/t25-/m0/s1. The molecule has 0 saturated carbocycles. The monoisotopic (exact) mass is 476 g/mol. The normalized spacial score (nSPS) is 17.4. The van der Waals surface area contributed by atoms with Gasteiger partial charge in [-0.1, -0.05) is 29.8 Å². The van der Waals surface area contributed by atoms with E-state index in [0.717, 1.165) is 0 Å². The number of nitrogens with zero attached hydrogens (tertiary/aromatic N) is 2. The van der Waals surface area contributed by atoms with E-state index in [4.69, 9.17) is 16.3 Å². The van der Waals surface area contributed by atoms with E-state index >= 15 is 0 Å². The molecule has 2 aromatic carbocycles. The van der Waals surface area contributed by atoms with Crippen LogP contribution in [0.25, 0.3) is 11.0 Å². The fourth-order valence-electron chi connectivity index (χ4n) is 4.07. The molecule has 0 radical (unpaired) electrons. The lowest BCUT2D eigenvalue weighted by atomic mass is 9.95. The predicted molar refractivity (Wildman–Crippen MR) is 130 cm³/mol. The van der Waals surface area contributed by atoms with Crippen LogP contribution in [0.4, 0.5) is 11.4 Å². The Balaban J connectivity index is 1.56. The minimum absolute atomic E-state index is 0.242. The molecule has 4 aromatic rings. The molecular weight excluding hydrogens is 456 g/mol. The number of anilines is 2. The number of benzene rings is 2. The van der Waals surface area contributed by atoms with E-state index < -0.39 is 12.1 Å². The molecule has 3 heterocycles. The van der Waals surface area contributed by atoms with Gasteiger partial charge in [0.25, 0.3) is 5.91 Å². The van der Waals surface area contributed by atoms with Crippen LogP contribution in [0.2, 0.25) is 5.02 Å². The zero-order chi connectivity index (χ0) is 24.0. The third-order valence-corrected chi connectivity index (χ3v) is 6.26. The number of hydrogen-bond donors (Lipinski definition) is 3. The summed E-state index contributed by atoms with van der Waals surface area (Å²) in [5.74, 6) is 0.545. The van der Waals surface area contributed by atoms with Crippen LogP contribution in [0, 0.1) is 0 Å². The fourth-order valence-corrected chi connectivity index (χ4v) is 4.33. The Hall–Kier alpha value is -3.88. The minimum Gasteiger partial charge on any atom is -0.457 e. The van der Waals surface area contributed by atoms with Crippen molar-refractivity contribution in [3.63, 3.8) is 0 Å². The number of nitrogens with one attached hydrogen (secondary N) is 2. The average molecular weight is 477 g/mol. The second-order valence-electron chi connectivity index (χ2n) is 8.31. The Morgan fingerprint density at radius 1 is 1.18 bits per heavy atom. The number of carbonyl (C=O) groups excluding carboxylic acids is 2. The topological polar surface area (TPSA) is 108 Å². The quantitative estimate of drug-likeness (QED) is 0.369. The number of aliphatic hydroxyl groups excluding tert-OH is 1. The van der Waals surface area contributed by atoms with E-state index in [-0.39, 0.29) is 16.7 Å². The van der Waals surface area contributed by atoms with Crippen molar-refractivity contribution in [2.45, 2.75) is 12.5 Å². The van der Waals surface area contributed by atoms with Gasteiger partial charge in [-0.15, -0.1) is 0 Å². The summed E-state index contributed by atoms with van der Waals surface area (Å²) in [6, 6.07) is 14.2. The number of amides is 1. The van der Waals surface area contributed by atoms with Crippen molar-refractivity contribution in [2.24, 2.45) is 0 Å². The van der Waals surface area contributed by atoms with Crippen LogP contribution >= 0.6 is 11.6 Å². The average Bonchev–Trinajstić information content (AvgIpc) is 3.28. The second-order valence-corrected chi connectivity index (χ2v) is 8.72. The number of ketones is 1. The van der Waals surface area contributed by atoms with Crippen LogP contribution in [0.15, 0.2) is 60.9 Å². The lowest BCUT2D eigenvalue weighted by molar-refractivity contribution is -0.123. The van der Waals surface area contributed by atoms with Gasteiger partial charge in [-0.2, -0.15) is 0 Å². The zero-order valence-electron chi connectivity index (χ0n) is 18.4. The number of pyridine rings is 1. The van der Waals surface area contributed by atoms with Crippen LogP contribution in [0.5, 0.6) is 11.5 Å². The van der Waals surface area contributed by atoms with E-state index in [2.05, 4.69) is 15.3 Å². The van der Waals surface area contributed by atoms with Crippen LogP contribution in [0.3, 0.4) is 0 Å². The number of fused-ring (bicyclic) bond motifs is 3. The highest BCUT2D eigenvalue weighted by atomic mass is 35.5. The van der Waals surface area contributed by atoms with Crippen LogP contribution in [-0.2, 0) is 4.79 Å². The summed E-state index contributed by atoms with van der Waals surface area (Å²) in [5.41, 5.74) is 0.919. The van der Waals surface area contributed by atoms with Crippen LogP contribution < -0.4 is 15.0 Å². The number of para-hydroxylation sites is 1. The number of carbonyl (C=O) groups is 2. The van der Waals surface area contributed by atoms with Gasteiger partial charge < -0.3 is 25.0 Å². The van der Waals surface area contributed by atoms with Gasteiger partial charge in [0.2, 0.25) is 0 Å². The summed E-state index contributed by atoms with van der Waals surface area (Å²) in [7, 11) is 1.61. The number of halogens is 1. The van der Waals surface area contributed by atoms with Crippen LogP contribution in [-0.4, -0.2) is 46.0 Å². The highest BCUT2D eigenvalue weighted by Crippen LogP contribution is 2.41. The fraction of sp³-hybridized carbons (Fsp3) is 0.160. The Morgan fingerprint density at radius 3 is 2.65 bits per heavy atom. The summed E-state index contributed by atoms with van der Waals surface area (Å²) in [5, 5.41) is 13.8. The summed E-state index contributed by atoms with van der Waals surface area (Å²) < 4.78 is 5.80. The highest BCUT2D eigenvalue weighted by molar-refractivity contribution is 6.36. The number of aromatic nitrogens is 2. The number of H-pyrrole nitrogens is 1. The highest BCUT2D eigenvalue weighted by Gasteiger charge is 2.42. The van der Waals surface area contributed by atoms with Crippen molar-refractivity contribution in [1.29, 1.82) is 0 Å². The second kappa shape index (κ2) is 8.16. The first kappa shape index (κ1) is 21.9. The zero-order valence-corrected chi connectivity index (χ0v) is 19.2. The lowest BCUT2D eigenvalue weighted by Crippen LogP contribution is -2.56. The summed E-state index contributed by atoms with van der Waals surface area (Å²) >= 11 is 6.48. The maximum absolute atomic E-state index is 13.5. The Labute approximate surface area is 200 Å². The molecule has 5 rings (SSSR count). The maximum atomic E-state index is 13.5. The Morgan fingerprint density at radius 2 is 1.94 bits per heavy atom. The van der Waals surface area contributed by atoms with Crippen molar-refractivity contribution < 1.29 is 19.4 Å². The van der Waals surface area contributed by atoms with E-state index in [1.807, 2.05) is 30.3 Å². The van der Waals surface area contributed by atoms with Crippen molar-refractivity contribution >= 4 is 45.7 Å². The molecular formula is C25H21ClN4O4. The number of aliphatic hydroxyl groups is 1. The summed E-state index contributed by atoms with van der Waals surface area (Å²) in [4.78, 5) is 35.1. The first-order valence-corrected chi connectivity index (χ1v) is 10.9. The van der Waals surface area contributed by atoms with Gasteiger partial charge in [0.1, 0.15) is 22.7 Å². The molecule has 9 heteroatoms. The molecule has 0 fully saturated rings. The third-order valence-electron chi connectivity index (χ3n) is 5.95. The molecule has 1 atom stereocenters. The molecule has 0 saturated heterocycles. The van der Waals surface area contributed by atoms with Gasteiger partial charge in [0.05, 0.1) is 40.2 Å². The largest absolute Gasteiger partial charge is 0.457 e. The molecule has 3 N–H and O–H groups in total. The summed E-state index contributed by atoms with van der Waals surface area (Å²) in [6.45, 7) is 1.19. The molecule has 34 heavy (non-hydrogen) atoms. The van der Waals surface area contributed by atoms with E-state index in [0.29, 0.717) is 45.0 Å². The molecule has 0 bridgehead atoms. The Kier molecular flexibility index (Phi) is 5.27. The number of hydrogen-bond acceptors (Lipinski definition) is 6. The van der Waals surface area contributed by atoms with Gasteiger partial charge >= 0.3 is 0 Å². The van der Waals surface area contributed by atoms with Gasteiger partial charge in [-0.25, -0.2) is 4.98 Å². The lowest BCUT2D eigenvalue weighted by Gasteiger charge is -2.39. The smallest absolute Gasteiger partial charge is 0.254 e. The molecule has 1 aliphatic heterocycles. The summed E-state index contributed by atoms with van der Waals surface area (Å²) in [6.07, 6.45) is 3.12. The SMILES string of the molecule is CN1C(=O)[C@](C)(CO)Nc2c1cnc1[nH]cc(C(=O)c3ccc(Oc4ccccc4)cc3Cl)c21. The molecule has 8 nitrogen and oxygen atoms in total. The van der Waals surface area contributed by atoms with Crippen LogP contribution in [0.1, 0.15) is 22.8 Å². The molecule has 0 aliphatic carbocycles. The number of ether oxygens (including phenoxy) is 1. The van der Waals surface area contributed by atoms with Crippen molar-refractivity contribution in [1.82, 2.24) is 9.97 Å². The Bertz CT molecular complexity index is 1440. The van der Waals surface area contributed by atoms with Gasteiger partial charge in [0.15, 0.2) is 5.78 Å². The minimum atomic E-state index is -1.23. The van der Waals surface area contributed by atoms with E-state index in [1.165, 1.54) is 4.90 Å². The van der Waals surface area contributed by atoms with Gasteiger partial charge in [-0.05, 0) is 31.2 Å². The first-order valence-electron chi connectivity index (χ1n) is 10.6. The van der Waals surface area contributed by atoms with Crippen molar-refractivity contribution in [3.05, 3.63) is 77.1 Å². The number of rotatable bonds is 5. The predicted octanol–water partition coefficient (Wildman–Crippen LogP) is 4.38. The molecule has 172 valence electrons. The van der Waals surface area contributed by atoms with Gasteiger partial charge in [-0.3, -0.25) is 9.59 Å². The molecule has 0 unspecified atom stereocenters. The molecule has 0 spiro atoms. The number of aromatic amines is 1.